The van der Waals surface area contributed by atoms with Gasteiger partial charge in [-0.05, 0) is 44.1 Å². The maximum absolute atomic E-state index is 14.1. The number of nitrogens with one attached hydrogen (secondary N) is 6. The van der Waals surface area contributed by atoms with Crippen LogP contribution in [0.25, 0.3) is 0 Å². The number of rotatable bonds is 28. The third kappa shape index (κ3) is 18.9. The number of carbonyl (C=O) groups is 11. The molecule has 1 aliphatic rings. The minimum atomic E-state index is -1.76. The first-order valence-electron chi connectivity index (χ1n) is 21.4. The molecule has 67 heavy (non-hydrogen) atoms. The van der Waals surface area contributed by atoms with Crippen LogP contribution in [-0.2, 0) is 59.2 Å². The van der Waals surface area contributed by atoms with Crippen molar-refractivity contribution in [3.63, 3.8) is 0 Å². The van der Waals surface area contributed by atoms with E-state index in [0.717, 1.165) is 4.90 Å². The molecule has 26 nitrogen and oxygen atoms in total. The summed E-state index contributed by atoms with van der Waals surface area (Å²) in [5.41, 5.74) is 22.1. The lowest BCUT2D eigenvalue weighted by molar-refractivity contribution is -0.150. The number of nitrogens with two attached hydrogens (primary N) is 4. The molecule has 0 spiro atoms. The van der Waals surface area contributed by atoms with E-state index < -0.39 is 139 Å². The normalized spacial score (nSPS) is 16.7. The van der Waals surface area contributed by atoms with E-state index in [1.807, 2.05) is 0 Å². The molecule has 1 fully saturated rings. The SMILES string of the molecule is CC[C@H](C)[C@H](NC(=O)[C@H](CC(=O)O)NC(=O)[C@@H](N)CC(N)=O)C(=O)N[C@@H](C)C(=O)N[C@@H](CCCN=C(N)N)C(=O)N[C@@H](Cc1ccccc1)C(=O)N[C@@H](CC(=O)O)C(=O)N1CCC[C@H]1C(=O)O. The number of aliphatic imine (C=N–C) groups is 1. The van der Waals surface area contributed by atoms with Gasteiger partial charge in [0, 0.05) is 19.5 Å². The first kappa shape index (κ1) is 55.8. The van der Waals surface area contributed by atoms with Crippen LogP contribution in [0.3, 0.4) is 0 Å². The smallest absolute Gasteiger partial charge is 0.326 e. The van der Waals surface area contributed by atoms with E-state index in [1.54, 1.807) is 44.2 Å². The topological polar surface area (TPSA) is 440 Å². The Labute approximate surface area is 385 Å². The molecule has 1 aromatic carbocycles. The number of aliphatic carboxylic acids is 3. The lowest BCUT2D eigenvalue weighted by Crippen LogP contribution is -2.61. The predicted octanol–water partition coefficient (Wildman–Crippen LogP) is -4.51. The van der Waals surface area contributed by atoms with Gasteiger partial charge in [-0.3, -0.25) is 52.9 Å². The van der Waals surface area contributed by atoms with Crippen molar-refractivity contribution < 1.29 is 68.1 Å². The summed E-state index contributed by atoms with van der Waals surface area (Å²) in [6.07, 6.45) is -2.01. The Balaban J connectivity index is 2.38. The fraction of sp³-hybridized carbons (Fsp3) is 0.561. The summed E-state index contributed by atoms with van der Waals surface area (Å²) < 4.78 is 0. The number of hydrogen-bond acceptors (Lipinski definition) is 13. The van der Waals surface area contributed by atoms with E-state index in [-0.39, 0.29) is 51.2 Å². The quantitative estimate of drug-likeness (QED) is 0.0214. The number of nitrogens with zero attached hydrogens (tertiary/aromatic N) is 2. The van der Waals surface area contributed by atoms with Crippen LogP contribution in [0, 0.1) is 5.92 Å². The van der Waals surface area contributed by atoms with Gasteiger partial charge in [0.25, 0.3) is 0 Å². The predicted molar refractivity (Wildman–Crippen MR) is 235 cm³/mol. The monoisotopic (exact) mass is 946 g/mol. The summed E-state index contributed by atoms with van der Waals surface area (Å²) in [6.45, 7) is 4.50. The first-order chi connectivity index (χ1) is 31.4. The number of carboxylic acid groups (broad SMARTS) is 3. The Morgan fingerprint density at radius 1 is 0.701 bits per heavy atom. The van der Waals surface area contributed by atoms with Gasteiger partial charge in [-0.15, -0.1) is 0 Å². The number of carbonyl (C=O) groups excluding carboxylic acids is 8. The van der Waals surface area contributed by atoms with Gasteiger partial charge in [0.15, 0.2) is 5.96 Å². The van der Waals surface area contributed by atoms with Crippen LogP contribution >= 0.6 is 0 Å². The Hall–Kier alpha value is -7.38. The molecule has 0 bridgehead atoms. The lowest BCUT2D eigenvalue weighted by Gasteiger charge is -2.29. The highest BCUT2D eigenvalue weighted by Gasteiger charge is 2.40. The Morgan fingerprint density at radius 2 is 1.25 bits per heavy atom. The molecule has 0 aromatic heterocycles. The van der Waals surface area contributed by atoms with Gasteiger partial charge in [-0.2, -0.15) is 0 Å². The second-order valence-electron chi connectivity index (χ2n) is 16.0. The van der Waals surface area contributed by atoms with E-state index in [9.17, 15) is 68.1 Å². The molecule has 0 aliphatic carbocycles. The van der Waals surface area contributed by atoms with Crippen molar-refractivity contribution in [2.75, 3.05) is 13.1 Å². The number of guanidine groups is 1. The van der Waals surface area contributed by atoms with Crippen LogP contribution < -0.4 is 54.8 Å². The van der Waals surface area contributed by atoms with Crippen LogP contribution in [-0.4, -0.2) is 153 Å². The average molecular weight is 947 g/mol. The van der Waals surface area contributed by atoms with Crippen molar-refractivity contribution in [1.82, 2.24) is 36.8 Å². The number of primary amides is 1. The van der Waals surface area contributed by atoms with Gasteiger partial charge < -0.3 is 75.1 Å². The number of benzene rings is 1. The van der Waals surface area contributed by atoms with Crippen LogP contribution in [0.2, 0.25) is 0 Å². The van der Waals surface area contributed by atoms with Crippen molar-refractivity contribution >= 4 is 71.1 Å². The Bertz CT molecular complexity index is 2000. The van der Waals surface area contributed by atoms with Crippen molar-refractivity contribution in [3.8, 4) is 0 Å². The minimum Gasteiger partial charge on any atom is -0.481 e. The van der Waals surface area contributed by atoms with E-state index in [1.165, 1.54) is 6.92 Å². The summed E-state index contributed by atoms with van der Waals surface area (Å²) in [5.74, 6) is -13.0. The largest absolute Gasteiger partial charge is 0.481 e. The maximum atomic E-state index is 14.1. The molecule has 370 valence electrons. The highest BCUT2D eigenvalue weighted by atomic mass is 16.4. The second kappa shape index (κ2) is 27.2. The first-order valence-corrected chi connectivity index (χ1v) is 21.4. The Morgan fingerprint density at radius 3 is 1.82 bits per heavy atom. The van der Waals surface area contributed by atoms with Gasteiger partial charge in [0.1, 0.15) is 42.3 Å². The molecule has 2 rings (SSSR count). The van der Waals surface area contributed by atoms with E-state index >= 15 is 0 Å². The Kier molecular flexibility index (Phi) is 22.6. The van der Waals surface area contributed by atoms with Crippen molar-refractivity contribution in [1.29, 1.82) is 0 Å². The number of likely N-dealkylation sites (tertiary alicyclic amines) is 1. The van der Waals surface area contributed by atoms with Gasteiger partial charge in [0.2, 0.25) is 47.3 Å². The highest BCUT2D eigenvalue weighted by molar-refractivity contribution is 5.99. The zero-order valence-electron chi connectivity index (χ0n) is 37.4. The second-order valence-corrected chi connectivity index (χ2v) is 16.0. The molecule has 1 saturated heterocycles. The summed E-state index contributed by atoms with van der Waals surface area (Å²) in [5, 5.41) is 43.1. The van der Waals surface area contributed by atoms with Gasteiger partial charge >= 0.3 is 17.9 Å². The molecule has 1 aliphatic heterocycles. The van der Waals surface area contributed by atoms with Crippen molar-refractivity contribution in [3.05, 3.63) is 35.9 Å². The fourth-order valence-corrected chi connectivity index (χ4v) is 6.83. The summed E-state index contributed by atoms with van der Waals surface area (Å²) in [7, 11) is 0. The number of hydrogen-bond donors (Lipinski definition) is 13. The van der Waals surface area contributed by atoms with E-state index in [2.05, 4.69) is 36.9 Å². The van der Waals surface area contributed by atoms with E-state index in [4.69, 9.17) is 22.9 Å². The van der Waals surface area contributed by atoms with Gasteiger partial charge in [0.05, 0.1) is 25.3 Å². The molecule has 1 heterocycles. The van der Waals surface area contributed by atoms with Gasteiger partial charge in [-0.1, -0.05) is 50.6 Å². The summed E-state index contributed by atoms with van der Waals surface area (Å²) in [6, 6.07) is -3.76. The molecule has 1 aromatic rings. The molecule has 8 amide bonds. The highest BCUT2D eigenvalue weighted by Crippen LogP contribution is 2.20. The zero-order valence-corrected chi connectivity index (χ0v) is 37.4. The maximum Gasteiger partial charge on any atom is 0.326 e. The third-order valence-corrected chi connectivity index (χ3v) is 10.6. The molecule has 0 saturated carbocycles. The van der Waals surface area contributed by atoms with Gasteiger partial charge in [-0.25, -0.2) is 4.79 Å². The number of carboxylic acids is 3. The molecule has 0 radical (unpaired) electrons. The van der Waals surface area contributed by atoms with Crippen molar-refractivity contribution in [2.45, 2.75) is 127 Å². The van der Waals surface area contributed by atoms with Crippen LogP contribution in [0.1, 0.15) is 77.7 Å². The lowest BCUT2D eigenvalue weighted by atomic mass is 9.97. The molecular weight excluding hydrogens is 885 g/mol. The third-order valence-electron chi connectivity index (χ3n) is 10.6. The van der Waals surface area contributed by atoms with Crippen LogP contribution in [0.15, 0.2) is 35.3 Å². The minimum absolute atomic E-state index is 0.00227. The summed E-state index contributed by atoms with van der Waals surface area (Å²) in [4.78, 5) is 146. The summed E-state index contributed by atoms with van der Waals surface area (Å²) >= 11 is 0. The fourth-order valence-electron chi connectivity index (χ4n) is 6.83. The van der Waals surface area contributed by atoms with Crippen molar-refractivity contribution in [2.24, 2.45) is 33.8 Å². The molecule has 26 heteroatoms. The molecule has 9 atom stereocenters. The van der Waals surface area contributed by atoms with Crippen LogP contribution in [0.4, 0.5) is 0 Å². The molecule has 17 N–H and O–H groups in total. The zero-order chi connectivity index (χ0) is 50.5. The molecular formula is C41H62N12O14. The standard InChI is InChI=1S/C41H62N12O14/c1-4-20(2)32(52-37(63)26(18-30(55)56)49-34(60)23(42)17-29(43)54)38(64)47-21(3)33(59)48-24(12-8-14-46-41(44)45)35(61)50-25(16-22-10-6-5-7-11-22)36(62)51-27(19-31(57)58)39(65)53-15-9-13-28(53)40(66)67/h5-7,10-11,20-21,23-28,32H,4,8-9,12-19,42H2,1-3H3,(H2,43,54)(H,47,64)(H,48,59)(H,49,60)(H,50,61)(H,51,62)(H,52,63)(H,55,56)(H,57,58)(H,66,67)(H4,44,45,46)/t20-,21-,23-,24-,25-,26-,27-,28-,32-/m0/s1. The molecule has 0 unspecified atom stereocenters. The van der Waals surface area contributed by atoms with Crippen LogP contribution in [0.5, 0.6) is 0 Å². The average Bonchev–Trinajstić information content (AvgIpc) is 3.75. The van der Waals surface area contributed by atoms with E-state index in [0.29, 0.717) is 12.0 Å². The number of amides is 8.